The molecule has 0 N–H and O–H groups in total. The topological polar surface area (TPSA) is 33.0 Å². The van der Waals surface area contributed by atoms with E-state index in [4.69, 9.17) is 5.26 Å². The van der Waals surface area contributed by atoms with Crippen molar-refractivity contribution in [3.63, 3.8) is 0 Å². The number of hydrogen-bond donors (Lipinski definition) is 0. The number of ether oxygens (including phenoxy) is 1. The monoisotopic (exact) mass is 97.0 g/mol. The molecule has 0 saturated heterocycles. The molecule has 0 fully saturated rings. The fourth-order valence-electron chi connectivity index (χ4n) is 0. The predicted molar refractivity (Wildman–Crippen MR) is 13.7 cm³/mol. The molecule has 0 aliphatic rings. The third-order valence-electron chi connectivity index (χ3n) is 0.0913. The van der Waals surface area contributed by atoms with E-state index in [1.165, 1.54) is 13.4 Å². The summed E-state index contributed by atoms with van der Waals surface area (Å²) in [6.07, 6.45) is 1.43. The van der Waals surface area contributed by atoms with E-state index in [0.717, 1.165) is 0 Å². The van der Waals surface area contributed by atoms with Crippen molar-refractivity contribution in [1.82, 2.24) is 0 Å². The first-order valence-corrected chi connectivity index (χ1v) is 0.836. The Morgan fingerprint density at radius 3 is 2.20 bits per heavy atom. The van der Waals surface area contributed by atoms with E-state index in [1.54, 1.807) is 0 Å². The number of nitrogens with zero attached hydrogens (tertiary/aromatic N) is 1. The number of methoxy groups -OCH3 is 1. The van der Waals surface area contributed by atoms with E-state index in [1.807, 2.05) is 0 Å². The predicted octanol–water partition coefficient (Wildman–Crippen LogP) is -2.77. The van der Waals surface area contributed by atoms with Gasteiger partial charge in [-0.25, -0.2) is 0 Å². The molecule has 0 bridgehead atoms. The summed E-state index contributed by atoms with van der Waals surface area (Å²) in [4.78, 5) is 0. The van der Waals surface area contributed by atoms with E-state index in [-0.39, 0.29) is 52.8 Å². The van der Waals surface area contributed by atoms with Crippen molar-refractivity contribution in [2.24, 2.45) is 0 Å². The molecule has 0 aromatic rings. The van der Waals surface area contributed by atoms with E-state index >= 15 is 0 Å². The van der Waals surface area contributed by atoms with Crippen molar-refractivity contribution in [2.75, 3.05) is 7.11 Å². The average Bonchev–Trinajstić information content (AvgIpc) is 1.37. The summed E-state index contributed by atoms with van der Waals surface area (Å²) in [5, 5.41) is 7.40. The summed E-state index contributed by atoms with van der Waals surface area (Å²) in [7, 11) is 1.32. The SMILES string of the molecule is COC#N.[H-].[K+]. The molecule has 0 unspecified atom stereocenters. The van der Waals surface area contributed by atoms with Crippen LogP contribution in [0.5, 0.6) is 0 Å². The maximum Gasteiger partial charge on any atom is 1.00 e. The van der Waals surface area contributed by atoms with Gasteiger partial charge >= 0.3 is 51.4 Å². The van der Waals surface area contributed by atoms with Crippen LogP contribution in [-0.2, 0) is 4.74 Å². The molecule has 0 aromatic carbocycles. The van der Waals surface area contributed by atoms with Crippen LogP contribution in [0.25, 0.3) is 0 Å². The van der Waals surface area contributed by atoms with Gasteiger partial charge in [-0.3, -0.25) is 0 Å². The number of nitriles is 1. The second-order valence-corrected chi connectivity index (χ2v) is 0.295. The van der Waals surface area contributed by atoms with Crippen LogP contribution in [0.4, 0.5) is 0 Å². The van der Waals surface area contributed by atoms with Gasteiger partial charge in [-0.15, -0.1) is 0 Å². The van der Waals surface area contributed by atoms with E-state index in [2.05, 4.69) is 4.74 Å². The molecule has 0 heterocycles. The first kappa shape index (κ1) is 9.33. The Labute approximate surface area is 75.0 Å². The zero-order chi connectivity index (χ0) is 3.41. The van der Waals surface area contributed by atoms with Crippen molar-refractivity contribution in [3.05, 3.63) is 0 Å². The minimum absolute atomic E-state index is 0. The summed E-state index contributed by atoms with van der Waals surface area (Å²) in [5.41, 5.74) is 0. The molecular weight excluding hydrogens is 93.1 g/mol. The van der Waals surface area contributed by atoms with Gasteiger partial charge < -0.3 is 6.16 Å². The Bertz CT molecular complexity index is 43.3. The number of hydrogen-bond acceptors (Lipinski definition) is 2. The fourth-order valence-corrected chi connectivity index (χ4v) is 0. The molecule has 0 atom stereocenters. The quantitative estimate of drug-likeness (QED) is 0.242. The normalized spacial score (nSPS) is 3.20. The van der Waals surface area contributed by atoms with Gasteiger partial charge in [0.1, 0.15) is 0 Å². The third kappa shape index (κ3) is 11.4. The van der Waals surface area contributed by atoms with Gasteiger partial charge in [0.15, 0.2) is 0 Å². The minimum atomic E-state index is 0. The Balaban J connectivity index is -0.0000000450. The second-order valence-electron chi connectivity index (χ2n) is 0.295. The van der Waals surface area contributed by atoms with Gasteiger partial charge in [-0.1, -0.05) is 0 Å². The maximum atomic E-state index is 7.40. The summed E-state index contributed by atoms with van der Waals surface area (Å²) in [5.74, 6) is 0. The Morgan fingerprint density at radius 1 is 2.00 bits per heavy atom. The van der Waals surface area contributed by atoms with Crippen LogP contribution >= 0.6 is 0 Å². The zero-order valence-corrected chi connectivity index (χ0v) is 6.48. The van der Waals surface area contributed by atoms with E-state index < -0.39 is 0 Å². The molecule has 2 nitrogen and oxygen atoms in total. The molecule has 0 rings (SSSR count). The van der Waals surface area contributed by atoms with Crippen LogP contribution in [-0.4, -0.2) is 7.11 Å². The van der Waals surface area contributed by atoms with Crippen molar-refractivity contribution in [1.29, 1.82) is 5.26 Å². The molecule has 0 radical (unpaired) electrons. The van der Waals surface area contributed by atoms with Gasteiger partial charge in [-0.05, 0) is 0 Å². The van der Waals surface area contributed by atoms with Gasteiger partial charge in [-0.2, -0.15) is 5.26 Å². The van der Waals surface area contributed by atoms with E-state index in [9.17, 15) is 0 Å². The summed E-state index contributed by atoms with van der Waals surface area (Å²) >= 11 is 0. The zero-order valence-electron chi connectivity index (χ0n) is 4.36. The first-order valence-electron chi connectivity index (χ1n) is 0.836. The number of rotatable bonds is 0. The Hall–Kier alpha value is 0.926. The summed E-state index contributed by atoms with van der Waals surface area (Å²) < 4.78 is 3.85. The molecule has 0 aromatic heterocycles. The molecule has 0 spiro atoms. The molecule has 3 heteroatoms. The molecule has 0 aliphatic heterocycles. The van der Waals surface area contributed by atoms with Gasteiger partial charge in [0, 0.05) is 0 Å². The molecular formula is C2H4KNO. The van der Waals surface area contributed by atoms with Crippen LogP contribution in [0.2, 0.25) is 0 Å². The minimum Gasteiger partial charge on any atom is -1.00 e. The Morgan fingerprint density at radius 2 is 2.20 bits per heavy atom. The third-order valence-corrected chi connectivity index (χ3v) is 0.0913. The van der Waals surface area contributed by atoms with Crippen LogP contribution in [0.3, 0.4) is 0 Å². The molecule has 0 aliphatic carbocycles. The second kappa shape index (κ2) is 8.87. The van der Waals surface area contributed by atoms with Crippen molar-refractivity contribution in [2.45, 2.75) is 0 Å². The molecule has 0 amide bonds. The smallest absolute Gasteiger partial charge is 1.00 e. The standard InChI is InChI=1S/C2H3NO.K.H/c1-4-2-3;;/h1H3;;/q;+1;-1. The first-order chi connectivity index (χ1) is 1.91. The van der Waals surface area contributed by atoms with Crippen LogP contribution < -0.4 is 51.4 Å². The Kier molecular flexibility index (Phi) is 16.5. The van der Waals surface area contributed by atoms with Crippen LogP contribution in [0, 0.1) is 11.5 Å². The summed E-state index contributed by atoms with van der Waals surface area (Å²) in [6, 6.07) is 0. The van der Waals surface area contributed by atoms with Crippen molar-refractivity contribution in [3.8, 4) is 6.26 Å². The van der Waals surface area contributed by atoms with Crippen LogP contribution in [0.15, 0.2) is 0 Å². The molecule has 0 saturated carbocycles. The molecule has 24 valence electrons. The largest absolute Gasteiger partial charge is 1.00 e. The fraction of sp³-hybridized carbons (Fsp3) is 0.500. The van der Waals surface area contributed by atoms with Gasteiger partial charge in [0.2, 0.25) is 0 Å². The van der Waals surface area contributed by atoms with Crippen molar-refractivity contribution < 1.29 is 57.5 Å². The summed E-state index contributed by atoms with van der Waals surface area (Å²) in [6.45, 7) is 0. The van der Waals surface area contributed by atoms with Gasteiger partial charge in [0.05, 0.1) is 7.11 Å². The van der Waals surface area contributed by atoms with E-state index in [0.29, 0.717) is 0 Å². The van der Waals surface area contributed by atoms with Gasteiger partial charge in [0.25, 0.3) is 6.26 Å². The average molecular weight is 97.2 g/mol. The van der Waals surface area contributed by atoms with Crippen LogP contribution in [0.1, 0.15) is 1.43 Å². The molecule has 5 heavy (non-hydrogen) atoms. The van der Waals surface area contributed by atoms with Crippen molar-refractivity contribution >= 4 is 0 Å². The maximum absolute atomic E-state index is 7.40.